The summed E-state index contributed by atoms with van der Waals surface area (Å²) in [6.45, 7) is 3.66. The predicted octanol–water partition coefficient (Wildman–Crippen LogP) is 21.5. The second-order valence-corrected chi connectivity index (χ2v) is 25.3. The second-order valence-electron chi connectivity index (χ2n) is 25.3. The summed E-state index contributed by atoms with van der Waals surface area (Å²) in [5.74, 6) is -0.209. The van der Waals surface area contributed by atoms with Gasteiger partial charge in [0.2, 0.25) is 5.91 Å². The minimum absolute atomic E-state index is 0.209. The van der Waals surface area contributed by atoms with Gasteiger partial charge in [0.15, 0.2) is 6.29 Å². The van der Waals surface area contributed by atoms with E-state index in [1.807, 2.05) is 6.08 Å². The van der Waals surface area contributed by atoms with Crippen LogP contribution in [-0.2, 0) is 14.3 Å². The lowest BCUT2D eigenvalue weighted by molar-refractivity contribution is -0.302. The monoisotopic (exact) mass is 1280 g/mol. The lowest BCUT2D eigenvalue weighted by atomic mass is 9.99. The number of allylic oxidation sites excluding steroid dienone is 25. The van der Waals surface area contributed by atoms with Gasteiger partial charge >= 0.3 is 0 Å². The Kier molecular flexibility index (Phi) is 65.0. The molecule has 0 aromatic carbocycles. The van der Waals surface area contributed by atoms with E-state index in [4.69, 9.17) is 9.47 Å². The maximum Gasteiger partial charge on any atom is 0.220 e. The van der Waals surface area contributed by atoms with Crippen LogP contribution in [0.4, 0.5) is 0 Å². The number of carbonyl (C=O) groups is 1. The average Bonchev–Trinajstić information content (AvgIpc) is 1.45. The van der Waals surface area contributed by atoms with Crippen LogP contribution in [-0.4, -0.2) is 87.5 Å². The van der Waals surface area contributed by atoms with Gasteiger partial charge < -0.3 is 40.3 Å². The van der Waals surface area contributed by atoms with E-state index in [2.05, 4.69) is 165 Å². The van der Waals surface area contributed by atoms with Crippen molar-refractivity contribution >= 4 is 5.91 Å². The van der Waals surface area contributed by atoms with Crippen LogP contribution in [0.1, 0.15) is 303 Å². The van der Waals surface area contributed by atoms with E-state index in [-0.39, 0.29) is 12.5 Å². The Bertz CT molecular complexity index is 2020. The zero-order valence-electron chi connectivity index (χ0n) is 58.7. The number of unbranched alkanes of at least 4 members (excludes halogenated alkanes) is 30. The first-order valence-corrected chi connectivity index (χ1v) is 37.7. The molecule has 1 fully saturated rings. The number of aliphatic hydroxyl groups excluding tert-OH is 5. The normalized spacial score (nSPS) is 18.6. The summed E-state index contributed by atoms with van der Waals surface area (Å²) >= 11 is 0. The summed E-state index contributed by atoms with van der Waals surface area (Å²) < 4.78 is 11.3. The minimum Gasteiger partial charge on any atom is -0.394 e. The van der Waals surface area contributed by atoms with E-state index in [0.717, 1.165) is 128 Å². The largest absolute Gasteiger partial charge is 0.394 e. The highest BCUT2D eigenvalue weighted by Gasteiger charge is 2.44. The molecule has 92 heavy (non-hydrogen) atoms. The van der Waals surface area contributed by atoms with Gasteiger partial charge in [-0.3, -0.25) is 4.79 Å². The molecule has 1 saturated heterocycles. The molecule has 524 valence electrons. The number of rotatable bonds is 64. The van der Waals surface area contributed by atoms with E-state index in [1.165, 1.54) is 154 Å². The highest BCUT2D eigenvalue weighted by atomic mass is 16.7. The van der Waals surface area contributed by atoms with Gasteiger partial charge in [0.05, 0.1) is 25.4 Å². The van der Waals surface area contributed by atoms with Gasteiger partial charge in [-0.1, -0.05) is 339 Å². The van der Waals surface area contributed by atoms with Gasteiger partial charge in [0.25, 0.3) is 0 Å². The van der Waals surface area contributed by atoms with Gasteiger partial charge in [0.1, 0.15) is 24.4 Å². The highest BCUT2D eigenvalue weighted by Crippen LogP contribution is 2.23. The molecule has 0 spiro atoms. The number of nitrogens with one attached hydrogen (secondary N) is 1. The Morgan fingerprint density at radius 2 is 0.685 bits per heavy atom. The molecular weight excluding hydrogens is 1140 g/mol. The summed E-state index contributed by atoms with van der Waals surface area (Å²) in [6, 6.07) is -0.847. The molecule has 9 heteroatoms. The standard InChI is InChI=1S/C83H139NO8/c1-3-5-7-9-11-13-15-17-19-21-23-25-27-29-31-33-35-36-37-38-39-40-41-42-43-45-47-49-51-53-55-57-59-61-63-65-67-69-71-73-79(87)84-76(75-91-83-82(90)81(89)80(88)78(74-85)92-83)77(86)72-70-68-66-64-62-60-58-56-54-52-50-48-46-44-34-32-30-28-26-24-22-20-18-16-14-12-10-8-6-4-2/h5,7,11,13,17,19,23,25,29,31,35-36,38-39,41-42,45,47,51,53,57,59,62,64,70,72,76-78,80-83,85-86,88-90H,3-4,6,8-10,12,14-16,18,20-22,24,26-28,30,32-34,37,40,43-44,46,48-50,52,54-56,58,60-61,63,65-69,71,73-75H2,1-2H3,(H,84,87)/b7-5-,13-11-,19-17-,25-23-,31-29-,36-35-,39-38-,42-41-,47-45-,53-51-,59-57-,64-62+,72-70+. The van der Waals surface area contributed by atoms with Crippen molar-refractivity contribution in [2.24, 2.45) is 0 Å². The molecule has 0 saturated carbocycles. The zero-order chi connectivity index (χ0) is 66.4. The molecule has 0 aliphatic carbocycles. The van der Waals surface area contributed by atoms with E-state index >= 15 is 0 Å². The number of aliphatic hydroxyl groups is 5. The van der Waals surface area contributed by atoms with Crippen LogP contribution in [0, 0.1) is 0 Å². The van der Waals surface area contributed by atoms with Crippen molar-refractivity contribution in [2.45, 2.75) is 346 Å². The SMILES string of the molecule is CC/C=C\C/C=C\C/C=C\C/C=C\C/C=C\C/C=C\C/C=C\C/C=C\C/C=C\C/C=C\C/C=C\CCCCCCCC(=O)NC(COC1OC(CO)C(O)C(O)C1O)C(O)/C=C/CC/C=C/CCCCCCCCCCCCCCCCCCCCCCCCCC. The van der Waals surface area contributed by atoms with Crippen molar-refractivity contribution in [1.29, 1.82) is 0 Å². The van der Waals surface area contributed by atoms with E-state index in [1.54, 1.807) is 6.08 Å². The Morgan fingerprint density at radius 1 is 0.380 bits per heavy atom. The number of ether oxygens (including phenoxy) is 2. The summed E-state index contributed by atoms with van der Waals surface area (Å²) in [7, 11) is 0. The number of amides is 1. The third-order valence-electron chi connectivity index (χ3n) is 16.8. The van der Waals surface area contributed by atoms with Crippen LogP contribution in [0.15, 0.2) is 158 Å². The molecular formula is C83H139NO8. The first-order chi connectivity index (χ1) is 45.3. The van der Waals surface area contributed by atoms with Crippen molar-refractivity contribution in [1.82, 2.24) is 5.32 Å². The first kappa shape index (κ1) is 85.8. The van der Waals surface area contributed by atoms with Crippen LogP contribution in [0.5, 0.6) is 0 Å². The molecule has 0 aromatic rings. The Balaban J connectivity index is 2.18. The molecule has 1 heterocycles. The molecule has 7 unspecified atom stereocenters. The van der Waals surface area contributed by atoms with Gasteiger partial charge in [-0.05, 0) is 116 Å². The van der Waals surface area contributed by atoms with E-state index < -0.39 is 49.5 Å². The summed E-state index contributed by atoms with van der Waals surface area (Å²) in [4.78, 5) is 13.1. The lowest BCUT2D eigenvalue weighted by Crippen LogP contribution is -2.60. The molecule has 1 aliphatic heterocycles. The molecule has 6 N–H and O–H groups in total. The average molecular weight is 1280 g/mol. The maximum absolute atomic E-state index is 13.1. The third kappa shape index (κ3) is 57.3. The Hall–Kier alpha value is -4.19. The molecule has 0 aromatic heterocycles. The smallest absolute Gasteiger partial charge is 0.220 e. The summed E-state index contributed by atoms with van der Waals surface area (Å²) in [5.41, 5.74) is 0. The topological polar surface area (TPSA) is 149 Å². The number of carbonyl (C=O) groups excluding carboxylic acids is 1. The fourth-order valence-electron chi connectivity index (χ4n) is 11.0. The van der Waals surface area contributed by atoms with Crippen LogP contribution < -0.4 is 5.32 Å². The van der Waals surface area contributed by atoms with Crippen molar-refractivity contribution in [2.75, 3.05) is 13.2 Å². The van der Waals surface area contributed by atoms with Crippen molar-refractivity contribution in [3.8, 4) is 0 Å². The predicted molar refractivity (Wildman–Crippen MR) is 396 cm³/mol. The Labute approximate surface area is 565 Å². The van der Waals surface area contributed by atoms with Crippen LogP contribution in [0.2, 0.25) is 0 Å². The van der Waals surface area contributed by atoms with Crippen LogP contribution >= 0.6 is 0 Å². The van der Waals surface area contributed by atoms with Gasteiger partial charge in [-0.2, -0.15) is 0 Å². The molecule has 0 radical (unpaired) electrons. The van der Waals surface area contributed by atoms with Crippen LogP contribution in [0.25, 0.3) is 0 Å². The van der Waals surface area contributed by atoms with E-state index in [0.29, 0.717) is 6.42 Å². The summed E-state index contributed by atoms with van der Waals surface area (Å²) in [6.07, 6.45) is 102. The summed E-state index contributed by atoms with van der Waals surface area (Å²) in [5, 5.41) is 54.8. The molecule has 1 rings (SSSR count). The zero-order valence-corrected chi connectivity index (χ0v) is 58.7. The molecule has 9 nitrogen and oxygen atoms in total. The quantitative estimate of drug-likeness (QED) is 0.0261. The molecule has 1 aliphatic rings. The molecule has 0 bridgehead atoms. The van der Waals surface area contributed by atoms with Crippen LogP contribution in [0.3, 0.4) is 0 Å². The van der Waals surface area contributed by atoms with Gasteiger partial charge in [-0.15, -0.1) is 0 Å². The fraction of sp³-hybridized carbons (Fsp3) is 0.675. The van der Waals surface area contributed by atoms with E-state index in [9.17, 15) is 30.3 Å². The number of hydrogen-bond acceptors (Lipinski definition) is 8. The third-order valence-corrected chi connectivity index (χ3v) is 16.8. The van der Waals surface area contributed by atoms with Crippen molar-refractivity contribution in [3.05, 3.63) is 158 Å². The highest BCUT2D eigenvalue weighted by molar-refractivity contribution is 5.76. The minimum atomic E-state index is -1.59. The molecule has 1 amide bonds. The van der Waals surface area contributed by atoms with Crippen molar-refractivity contribution in [3.63, 3.8) is 0 Å². The lowest BCUT2D eigenvalue weighted by Gasteiger charge is -2.40. The Morgan fingerprint density at radius 3 is 1.04 bits per heavy atom. The first-order valence-electron chi connectivity index (χ1n) is 37.7. The van der Waals surface area contributed by atoms with Crippen molar-refractivity contribution < 1.29 is 39.8 Å². The van der Waals surface area contributed by atoms with Gasteiger partial charge in [0, 0.05) is 6.42 Å². The second kappa shape index (κ2) is 69.6. The fourth-order valence-corrected chi connectivity index (χ4v) is 11.0. The maximum atomic E-state index is 13.1. The van der Waals surface area contributed by atoms with Gasteiger partial charge in [-0.25, -0.2) is 0 Å². The molecule has 7 atom stereocenters. The number of hydrogen-bond donors (Lipinski definition) is 6.